The van der Waals surface area contributed by atoms with Crippen LogP contribution in [0, 0.1) is 11.3 Å². The summed E-state index contributed by atoms with van der Waals surface area (Å²) in [6.07, 6.45) is 7.14. The van der Waals surface area contributed by atoms with Gasteiger partial charge in [0.05, 0.1) is 5.56 Å². The number of nitriles is 1. The van der Waals surface area contributed by atoms with Crippen molar-refractivity contribution in [2.45, 2.75) is 37.8 Å². The van der Waals surface area contributed by atoms with Crippen LogP contribution in [0.4, 0.5) is 0 Å². The van der Waals surface area contributed by atoms with Gasteiger partial charge in [-0.15, -0.1) is 0 Å². The lowest BCUT2D eigenvalue weighted by molar-refractivity contribution is -0.118. The standard InChI is InChI=1S/C21H19N5O3/c22-11-18-21(24-10-9-23-18)29-14-7-5-13(6-8-14)26-20(28)19(27)16-12-25-17-4-2-1-3-15(16)17/h1-4,9-10,12-14,25H,5-8H2,(H,26,28). The minimum absolute atomic E-state index is 0.0891. The first-order valence-corrected chi connectivity index (χ1v) is 9.44. The highest BCUT2D eigenvalue weighted by Crippen LogP contribution is 2.24. The van der Waals surface area contributed by atoms with Gasteiger partial charge in [-0.3, -0.25) is 9.59 Å². The highest BCUT2D eigenvalue weighted by Gasteiger charge is 2.27. The number of nitrogens with zero attached hydrogens (tertiary/aromatic N) is 3. The molecule has 1 aromatic carbocycles. The number of aromatic nitrogens is 3. The fourth-order valence-corrected chi connectivity index (χ4v) is 3.60. The minimum atomic E-state index is -0.597. The highest BCUT2D eigenvalue weighted by molar-refractivity contribution is 6.45. The van der Waals surface area contributed by atoms with Crippen molar-refractivity contribution in [1.29, 1.82) is 5.26 Å². The molecule has 1 aliphatic rings. The summed E-state index contributed by atoms with van der Waals surface area (Å²) in [7, 11) is 0. The van der Waals surface area contributed by atoms with E-state index in [0.29, 0.717) is 31.2 Å². The highest BCUT2D eigenvalue weighted by atomic mass is 16.5. The molecule has 0 saturated heterocycles. The van der Waals surface area contributed by atoms with E-state index in [-0.39, 0.29) is 23.7 Å². The van der Waals surface area contributed by atoms with E-state index in [2.05, 4.69) is 20.3 Å². The zero-order valence-electron chi connectivity index (χ0n) is 15.6. The monoisotopic (exact) mass is 389 g/mol. The summed E-state index contributed by atoms with van der Waals surface area (Å²) in [5.74, 6) is -0.907. The molecular formula is C21H19N5O3. The molecule has 1 aliphatic carbocycles. The number of nitrogens with one attached hydrogen (secondary N) is 2. The molecule has 4 rings (SSSR count). The molecule has 2 heterocycles. The van der Waals surface area contributed by atoms with Gasteiger partial charge in [-0.05, 0) is 31.7 Å². The quantitative estimate of drug-likeness (QED) is 0.511. The second kappa shape index (κ2) is 8.10. The van der Waals surface area contributed by atoms with Crippen LogP contribution in [0.15, 0.2) is 42.9 Å². The van der Waals surface area contributed by atoms with Crippen LogP contribution < -0.4 is 10.1 Å². The average Bonchev–Trinajstić information content (AvgIpc) is 3.19. The molecule has 2 N–H and O–H groups in total. The third-order valence-corrected chi connectivity index (χ3v) is 5.10. The molecule has 8 nitrogen and oxygen atoms in total. The predicted octanol–water partition coefficient (Wildman–Crippen LogP) is 2.52. The zero-order valence-corrected chi connectivity index (χ0v) is 15.6. The Morgan fingerprint density at radius 2 is 1.90 bits per heavy atom. The van der Waals surface area contributed by atoms with Crippen molar-refractivity contribution in [3.05, 3.63) is 54.1 Å². The molecule has 0 radical (unpaired) electrons. The van der Waals surface area contributed by atoms with Crippen LogP contribution in [0.2, 0.25) is 0 Å². The Morgan fingerprint density at radius 1 is 1.14 bits per heavy atom. The maximum absolute atomic E-state index is 12.6. The number of benzene rings is 1. The molecule has 0 unspecified atom stereocenters. The van der Waals surface area contributed by atoms with Crippen molar-refractivity contribution in [3.8, 4) is 11.9 Å². The Bertz CT molecular complexity index is 1090. The molecular weight excluding hydrogens is 370 g/mol. The smallest absolute Gasteiger partial charge is 0.292 e. The SMILES string of the molecule is N#Cc1nccnc1OC1CCC(NC(=O)C(=O)c2c[nH]c3ccccc23)CC1. The van der Waals surface area contributed by atoms with Gasteiger partial charge in [-0.2, -0.15) is 5.26 Å². The molecule has 2 aromatic heterocycles. The molecule has 8 heteroatoms. The lowest BCUT2D eigenvalue weighted by Crippen LogP contribution is -2.42. The first-order chi connectivity index (χ1) is 14.2. The molecule has 29 heavy (non-hydrogen) atoms. The topological polar surface area (TPSA) is 121 Å². The molecule has 1 fully saturated rings. The van der Waals surface area contributed by atoms with Crippen molar-refractivity contribution >= 4 is 22.6 Å². The van der Waals surface area contributed by atoms with Gasteiger partial charge < -0.3 is 15.0 Å². The van der Waals surface area contributed by atoms with E-state index in [9.17, 15) is 9.59 Å². The van der Waals surface area contributed by atoms with Gasteiger partial charge in [-0.25, -0.2) is 9.97 Å². The van der Waals surface area contributed by atoms with Gasteiger partial charge in [0.2, 0.25) is 5.69 Å². The van der Waals surface area contributed by atoms with E-state index in [4.69, 9.17) is 10.00 Å². The maximum Gasteiger partial charge on any atom is 0.292 e. The summed E-state index contributed by atoms with van der Waals surface area (Å²) in [6.45, 7) is 0. The second-order valence-corrected chi connectivity index (χ2v) is 6.96. The summed E-state index contributed by atoms with van der Waals surface area (Å²) in [6, 6.07) is 9.25. The lowest BCUT2D eigenvalue weighted by Gasteiger charge is -2.29. The number of hydrogen-bond acceptors (Lipinski definition) is 6. The number of rotatable bonds is 5. The van der Waals surface area contributed by atoms with E-state index >= 15 is 0 Å². The van der Waals surface area contributed by atoms with Crippen LogP contribution in [0.3, 0.4) is 0 Å². The number of Topliss-reactive ketones (excluding diaryl/α,β-unsaturated/α-hetero) is 1. The van der Waals surface area contributed by atoms with E-state index in [1.165, 1.54) is 12.4 Å². The molecule has 1 saturated carbocycles. The summed E-state index contributed by atoms with van der Waals surface area (Å²) < 4.78 is 5.81. The molecule has 146 valence electrons. The third kappa shape index (κ3) is 3.94. The van der Waals surface area contributed by atoms with Crippen molar-refractivity contribution in [1.82, 2.24) is 20.3 Å². The Morgan fingerprint density at radius 3 is 2.69 bits per heavy atom. The number of carbonyl (C=O) groups excluding carboxylic acids is 2. The summed E-state index contributed by atoms with van der Waals surface area (Å²) >= 11 is 0. The number of H-pyrrole nitrogens is 1. The third-order valence-electron chi connectivity index (χ3n) is 5.10. The number of ether oxygens (including phenoxy) is 1. The fourth-order valence-electron chi connectivity index (χ4n) is 3.60. The average molecular weight is 389 g/mol. The van der Waals surface area contributed by atoms with E-state index in [1.807, 2.05) is 30.3 Å². The largest absolute Gasteiger partial charge is 0.472 e. The number of fused-ring (bicyclic) bond motifs is 1. The Kier molecular flexibility index (Phi) is 5.20. The summed E-state index contributed by atoms with van der Waals surface area (Å²) in [4.78, 5) is 36.0. The van der Waals surface area contributed by atoms with E-state index in [1.54, 1.807) is 6.20 Å². The number of carbonyl (C=O) groups is 2. The van der Waals surface area contributed by atoms with Crippen molar-refractivity contribution in [2.75, 3.05) is 0 Å². The van der Waals surface area contributed by atoms with Gasteiger partial charge >= 0.3 is 0 Å². The van der Waals surface area contributed by atoms with Crippen LogP contribution in [-0.4, -0.2) is 38.8 Å². The second-order valence-electron chi connectivity index (χ2n) is 6.96. The molecule has 0 spiro atoms. The van der Waals surface area contributed by atoms with Crippen molar-refractivity contribution in [2.24, 2.45) is 0 Å². The minimum Gasteiger partial charge on any atom is -0.472 e. The van der Waals surface area contributed by atoms with Crippen LogP contribution in [0.1, 0.15) is 41.7 Å². The van der Waals surface area contributed by atoms with Crippen LogP contribution in [-0.2, 0) is 4.79 Å². The van der Waals surface area contributed by atoms with Crippen LogP contribution in [0.25, 0.3) is 10.9 Å². The van der Waals surface area contributed by atoms with Gasteiger partial charge in [0.15, 0.2) is 0 Å². The molecule has 3 aromatic rings. The van der Waals surface area contributed by atoms with Crippen molar-refractivity contribution < 1.29 is 14.3 Å². The van der Waals surface area contributed by atoms with E-state index in [0.717, 1.165) is 10.9 Å². The molecule has 0 atom stereocenters. The maximum atomic E-state index is 12.6. The van der Waals surface area contributed by atoms with E-state index < -0.39 is 11.7 Å². The molecule has 0 aliphatic heterocycles. The summed E-state index contributed by atoms with van der Waals surface area (Å²) in [5.41, 5.74) is 1.36. The normalized spacial score (nSPS) is 18.7. The molecule has 0 bridgehead atoms. The Labute approximate surface area is 166 Å². The first kappa shape index (κ1) is 18.6. The number of para-hydroxylation sites is 1. The fraction of sp³-hybridized carbons (Fsp3) is 0.286. The van der Waals surface area contributed by atoms with Gasteiger partial charge in [0, 0.05) is 35.5 Å². The van der Waals surface area contributed by atoms with Crippen LogP contribution >= 0.6 is 0 Å². The zero-order chi connectivity index (χ0) is 20.2. The number of hydrogen-bond donors (Lipinski definition) is 2. The first-order valence-electron chi connectivity index (χ1n) is 9.44. The number of amides is 1. The Hall–Kier alpha value is -3.73. The van der Waals surface area contributed by atoms with Gasteiger partial charge in [0.1, 0.15) is 12.2 Å². The Balaban J connectivity index is 1.33. The van der Waals surface area contributed by atoms with Crippen molar-refractivity contribution in [3.63, 3.8) is 0 Å². The lowest BCUT2D eigenvalue weighted by atomic mass is 9.92. The number of aromatic amines is 1. The predicted molar refractivity (Wildman–Crippen MR) is 104 cm³/mol. The van der Waals surface area contributed by atoms with Crippen LogP contribution in [0.5, 0.6) is 5.88 Å². The number of ketones is 1. The van der Waals surface area contributed by atoms with Gasteiger partial charge in [-0.1, -0.05) is 18.2 Å². The van der Waals surface area contributed by atoms with Gasteiger partial charge in [0.25, 0.3) is 17.6 Å². The molecule has 1 amide bonds. The summed E-state index contributed by atoms with van der Waals surface area (Å²) in [5, 5.41) is 12.6.